The lowest BCUT2D eigenvalue weighted by molar-refractivity contribution is -0.117. The first-order valence-corrected chi connectivity index (χ1v) is 5.97. The Morgan fingerprint density at radius 3 is 2.93 bits per heavy atom. The maximum Gasteiger partial charge on any atom is 0.218 e. The highest BCUT2D eigenvalue weighted by Crippen LogP contribution is 2.26. The zero-order valence-electron chi connectivity index (χ0n) is 7.92. The van der Waals surface area contributed by atoms with Gasteiger partial charge in [-0.1, -0.05) is 0 Å². The lowest BCUT2D eigenvalue weighted by Crippen LogP contribution is -2.24. The van der Waals surface area contributed by atoms with Crippen molar-refractivity contribution in [3.05, 3.63) is 20.8 Å². The molecule has 1 atom stereocenters. The number of carbonyl (C=O) groups excluding carboxylic acids is 1. The normalized spacial score (nSPS) is 12.7. The number of rotatable bonds is 5. The first kappa shape index (κ1) is 11.7. The number of thiophene rings is 1. The van der Waals surface area contributed by atoms with Gasteiger partial charge in [-0.25, -0.2) is 0 Å². The van der Waals surface area contributed by atoms with Crippen molar-refractivity contribution in [1.29, 1.82) is 0 Å². The number of hydrogen-bond acceptors (Lipinski definition) is 3. The fourth-order valence-electron chi connectivity index (χ4n) is 1.07. The number of amides is 1. The summed E-state index contributed by atoms with van der Waals surface area (Å²) in [6.45, 7) is 2.70. The Bertz CT molecular complexity index is 314. The molecule has 78 valence electrons. The van der Waals surface area contributed by atoms with Gasteiger partial charge in [-0.15, -0.1) is 11.3 Å². The van der Waals surface area contributed by atoms with E-state index in [1.54, 1.807) is 11.3 Å². The standard InChI is InChI=1S/C9H13BrN2OS/c1-6(12-5-4-9(11)13)7-2-3-8(10)14-7/h2-3,6,12H,4-5H2,1H3,(H2,11,13). The molecule has 0 aliphatic carbocycles. The molecule has 0 spiro atoms. The van der Waals surface area contributed by atoms with Gasteiger partial charge in [0.15, 0.2) is 0 Å². The molecule has 0 aliphatic heterocycles. The Labute approximate surface area is 95.8 Å². The van der Waals surface area contributed by atoms with E-state index in [-0.39, 0.29) is 11.9 Å². The van der Waals surface area contributed by atoms with Crippen molar-refractivity contribution in [3.63, 3.8) is 0 Å². The molecule has 1 heterocycles. The number of nitrogens with two attached hydrogens (primary N) is 1. The van der Waals surface area contributed by atoms with E-state index in [2.05, 4.69) is 34.2 Å². The van der Waals surface area contributed by atoms with Crippen molar-refractivity contribution in [2.24, 2.45) is 5.73 Å². The Balaban J connectivity index is 2.35. The van der Waals surface area contributed by atoms with E-state index in [4.69, 9.17) is 5.73 Å². The van der Waals surface area contributed by atoms with E-state index < -0.39 is 0 Å². The van der Waals surface area contributed by atoms with Crippen LogP contribution >= 0.6 is 27.3 Å². The van der Waals surface area contributed by atoms with Crippen LogP contribution in [0.25, 0.3) is 0 Å². The van der Waals surface area contributed by atoms with Gasteiger partial charge in [-0.3, -0.25) is 4.79 Å². The predicted octanol–water partition coefficient (Wildman–Crippen LogP) is 2.04. The second kappa shape index (κ2) is 5.48. The molecule has 5 heteroatoms. The summed E-state index contributed by atoms with van der Waals surface area (Å²) in [5, 5.41) is 3.23. The monoisotopic (exact) mass is 276 g/mol. The summed E-state index contributed by atoms with van der Waals surface area (Å²) in [5.41, 5.74) is 5.04. The third-order valence-electron chi connectivity index (χ3n) is 1.84. The zero-order chi connectivity index (χ0) is 10.6. The Morgan fingerprint density at radius 1 is 1.71 bits per heavy atom. The first-order valence-electron chi connectivity index (χ1n) is 4.36. The fraction of sp³-hybridized carbons (Fsp3) is 0.444. The number of halogens is 1. The van der Waals surface area contributed by atoms with Gasteiger partial charge in [-0.2, -0.15) is 0 Å². The quantitative estimate of drug-likeness (QED) is 0.865. The molecule has 1 aromatic rings. The van der Waals surface area contributed by atoms with Gasteiger partial charge in [0, 0.05) is 23.9 Å². The zero-order valence-corrected chi connectivity index (χ0v) is 10.3. The third-order valence-corrected chi connectivity index (χ3v) is 3.65. The average Bonchev–Trinajstić information content (AvgIpc) is 2.51. The SMILES string of the molecule is CC(NCCC(N)=O)c1ccc(Br)s1. The summed E-state index contributed by atoms with van der Waals surface area (Å²) in [4.78, 5) is 11.7. The van der Waals surface area contributed by atoms with Crippen LogP contribution in [0.5, 0.6) is 0 Å². The van der Waals surface area contributed by atoms with Crippen molar-refractivity contribution >= 4 is 33.2 Å². The highest BCUT2D eigenvalue weighted by Gasteiger charge is 2.07. The Hall–Kier alpha value is -0.390. The molecule has 0 bridgehead atoms. The van der Waals surface area contributed by atoms with Crippen LogP contribution in [-0.4, -0.2) is 12.5 Å². The van der Waals surface area contributed by atoms with Crippen molar-refractivity contribution in [2.75, 3.05) is 6.54 Å². The highest BCUT2D eigenvalue weighted by atomic mass is 79.9. The summed E-state index contributed by atoms with van der Waals surface area (Å²) in [6.07, 6.45) is 0.386. The van der Waals surface area contributed by atoms with Crippen LogP contribution in [-0.2, 0) is 4.79 Å². The molecule has 1 rings (SSSR count). The summed E-state index contributed by atoms with van der Waals surface area (Å²) in [7, 11) is 0. The number of nitrogens with one attached hydrogen (secondary N) is 1. The topological polar surface area (TPSA) is 55.1 Å². The average molecular weight is 277 g/mol. The number of carbonyl (C=O) groups is 1. The van der Waals surface area contributed by atoms with E-state index in [0.717, 1.165) is 3.79 Å². The van der Waals surface area contributed by atoms with E-state index in [9.17, 15) is 4.79 Å². The lowest BCUT2D eigenvalue weighted by Gasteiger charge is -2.10. The van der Waals surface area contributed by atoms with Crippen LogP contribution in [0.1, 0.15) is 24.3 Å². The molecule has 0 aliphatic rings. The molecule has 3 N–H and O–H groups in total. The molecular weight excluding hydrogens is 264 g/mol. The second-order valence-corrected chi connectivity index (χ2v) is 5.53. The van der Waals surface area contributed by atoms with Gasteiger partial charge in [0.2, 0.25) is 5.91 Å². The number of hydrogen-bond donors (Lipinski definition) is 2. The summed E-state index contributed by atoms with van der Waals surface area (Å²) in [6, 6.07) is 4.36. The maximum atomic E-state index is 10.5. The Morgan fingerprint density at radius 2 is 2.43 bits per heavy atom. The van der Waals surface area contributed by atoms with E-state index in [1.165, 1.54) is 4.88 Å². The molecule has 0 fully saturated rings. The summed E-state index contributed by atoms with van der Waals surface area (Å²) >= 11 is 5.10. The molecule has 3 nitrogen and oxygen atoms in total. The molecule has 1 aromatic heterocycles. The van der Waals surface area contributed by atoms with Crippen molar-refractivity contribution in [1.82, 2.24) is 5.32 Å². The minimum absolute atomic E-state index is 0.267. The van der Waals surface area contributed by atoms with Gasteiger partial charge < -0.3 is 11.1 Å². The second-order valence-electron chi connectivity index (χ2n) is 3.03. The van der Waals surface area contributed by atoms with Gasteiger partial charge in [0.05, 0.1) is 3.79 Å². The van der Waals surface area contributed by atoms with E-state index >= 15 is 0 Å². The maximum absolute atomic E-state index is 10.5. The highest BCUT2D eigenvalue weighted by molar-refractivity contribution is 9.11. The van der Waals surface area contributed by atoms with E-state index in [0.29, 0.717) is 13.0 Å². The summed E-state index contributed by atoms with van der Waals surface area (Å²) < 4.78 is 1.12. The van der Waals surface area contributed by atoms with Gasteiger partial charge in [-0.05, 0) is 35.0 Å². The van der Waals surface area contributed by atoms with Gasteiger partial charge >= 0.3 is 0 Å². The van der Waals surface area contributed by atoms with Crippen molar-refractivity contribution in [2.45, 2.75) is 19.4 Å². The largest absolute Gasteiger partial charge is 0.370 e. The molecular formula is C9H13BrN2OS. The first-order chi connectivity index (χ1) is 6.59. The molecule has 1 amide bonds. The van der Waals surface area contributed by atoms with Crippen LogP contribution in [0.4, 0.5) is 0 Å². The van der Waals surface area contributed by atoms with Crippen LogP contribution < -0.4 is 11.1 Å². The Kier molecular flexibility index (Phi) is 4.57. The molecule has 1 unspecified atom stereocenters. The van der Waals surface area contributed by atoms with E-state index in [1.807, 2.05) is 6.07 Å². The fourth-order valence-corrected chi connectivity index (χ4v) is 2.52. The minimum Gasteiger partial charge on any atom is -0.370 e. The minimum atomic E-state index is -0.267. The van der Waals surface area contributed by atoms with Crippen LogP contribution in [0.3, 0.4) is 0 Å². The smallest absolute Gasteiger partial charge is 0.218 e. The molecule has 0 saturated heterocycles. The molecule has 0 radical (unpaired) electrons. The van der Waals surface area contributed by atoms with Crippen LogP contribution in [0.15, 0.2) is 15.9 Å². The van der Waals surface area contributed by atoms with Gasteiger partial charge in [0.25, 0.3) is 0 Å². The van der Waals surface area contributed by atoms with Crippen LogP contribution in [0.2, 0.25) is 0 Å². The van der Waals surface area contributed by atoms with Crippen LogP contribution in [0, 0.1) is 0 Å². The number of primary amides is 1. The van der Waals surface area contributed by atoms with Crippen molar-refractivity contribution in [3.8, 4) is 0 Å². The predicted molar refractivity (Wildman–Crippen MR) is 62.2 cm³/mol. The third kappa shape index (κ3) is 3.77. The molecule has 14 heavy (non-hydrogen) atoms. The van der Waals surface area contributed by atoms with Crippen molar-refractivity contribution < 1.29 is 4.79 Å². The van der Waals surface area contributed by atoms with Gasteiger partial charge in [0.1, 0.15) is 0 Å². The molecule has 0 saturated carbocycles. The molecule has 0 aromatic carbocycles. The lowest BCUT2D eigenvalue weighted by atomic mass is 10.2. The summed E-state index contributed by atoms with van der Waals surface area (Å²) in [5.74, 6) is -0.267.